The Hall–Kier alpha value is -3.81. The molecule has 0 spiro atoms. The SMILES string of the molecule is CCOc1ccc(NC(=O)N2CCN(c3ccc(-c4ccc(C)c(C)c4)nn3)CC2)cc1OCC. The lowest BCUT2D eigenvalue weighted by molar-refractivity contribution is 0.208. The van der Waals surface area contributed by atoms with Gasteiger partial charge < -0.3 is 24.6 Å². The van der Waals surface area contributed by atoms with Crippen LogP contribution in [0.1, 0.15) is 25.0 Å². The lowest BCUT2D eigenvalue weighted by Gasteiger charge is -2.35. The third kappa shape index (κ3) is 5.82. The number of nitrogens with one attached hydrogen (secondary N) is 1. The summed E-state index contributed by atoms with van der Waals surface area (Å²) in [6.07, 6.45) is 0. The molecule has 1 N–H and O–H groups in total. The molecule has 1 saturated heterocycles. The molecular formula is C27H33N5O3. The molecule has 1 aliphatic heterocycles. The molecule has 1 aliphatic rings. The summed E-state index contributed by atoms with van der Waals surface area (Å²) in [6.45, 7) is 11.7. The standard InChI is InChI=1S/C27H33N5O3/c1-5-34-24-11-9-22(18-25(24)35-6-2)28-27(33)32-15-13-31(14-16-32)26-12-10-23(29-30-26)21-8-7-19(3)20(4)17-21/h7-12,17-18H,5-6,13-16H2,1-4H3,(H,28,33). The van der Waals surface area contributed by atoms with Crippen LogP contribution >= 0.6 is 0 Å². The first-order valence-corrected chi connectivity index (χ1v) is 12.1. The Morgan fingerprint density at radius 1 is 0.857 bits per heavy atom. The average molecular weight is 476 g/mol. The number of hydrogen-bond acceptors (Lipinski definition) is 6. The highest BCUT2D eigenvalue weighted by molar-refractivity contribution is 5.90. The first-order chi connectivity index (χ1) is 17.0. The van der Waals surface area contributed by atoms with Crippen LogP contribution in [0.2, 0.25) is 0 Å². The van der Waals surface area contributed by atoms with Crippen molar-refractivity contribution in [2.24, 2.45) is 0 Å². The van der Waals surface area contributed by atoms with Crippen molar-refractivity contribution in [1.82, 2.24) is 15.1 Å². The zero-order valence-electron chi connectivity index (χ0n) is 20.9. The number of urea groups is 1. The molecule has 0 saturated carbocycles. The summed E-state index contributed by atoms with van der Waals surface area (Å²) < 4.78 is 11.3. The first kappa shape index (κ1) is 24.3. The molecule has 0 bridgehead atoms. The molecule has 0 radical (unpaired) electrons. The van der Waals surface area contributed by atoms with E-state index in [0.29, 0.717) is 56.6 Å². The topological polar surface area (TPSA) is 79.8 Å². The second-order valence-corrected chi connectivity index (χ2v) is 8.51. The predicted molar refractivity (Wildman–Crippen MR) is 139 cm³/mol. The molecule has 2 amide bonds. The van der Waals surface area contributed by atoms with Crippen LogP contribution in [0.15, 0.2) is 48.5 Å². The molecule has 0 unspecified atom stereocenters. The summed E-state index contributed by atoms with van der Waals surface area (Å²) in [5, 5.41) is 11.9. The van der Waals surface area contributed by atoms with E-state index in [1.54, 1.807) is 6.07 Å². The minimum atomic E-state index is -0.132. The molecule has 4 rings (SSSR count). The molecule has 2 aromatic carbocycles. The number of benzene rings is 2. The highest BCUT2D eigenvalue weighted by Gasteiger charge is 2.22. The second-order valence-electron chi connectivity index (χ2n) is 8.51. The van der Waals surface area contributed by atoms with Gasteiger partial charge >= 0.3 is 6.03 Å². The van der Waals surface area contributed by atoms with E-state index in [2.05, 4.69) is 52.5 Å². The maximum atomic E-state index is 12.8. The molecule has 184 valence electrons. The van der Waals surface area contributed by atoms with Crippen molar-refractivity contribution in [2.75, 3.05) is 49.6 Å². The van der Waals surface area contributed by atoms with Crippen LogP contribution in [0, 0.1) is 13.8 Å². The van der Waals surface area contributed by atoms with Crippen molar-refractivity contribution in [2.45, 2.75) is 27.7 Å². The van der Waals surface area contributed by atoms with Crippen LogP contribution < -0.4 is 19.7 Å². The molecular weight excluding hydrogens is 442 g/mol. The summed E-state index contributed by atoms with van der Waals surface area (Å²) >= 11 is 0. The van der Waals surface area contributed by atoms with Gasteiger partial charge in [-0.3, -0.25) is 0 Å². The number of carbonyl (C=O) groups excluding carboxylic acids is 1. The molecule has 0 atom stereocenters. The lowest BCUT2D eigenvalue weighted by atomic mass is 10.0. The van der Waals surface area contributed by atoms with Gasteiger partial charge in [0.15, 0.2) is 17.3 Å². The van der Waals surface area contributed by atoms with Gasteiger partial charge in [-0.15, -0.1) is 10.2 Å². The van der Waals surface area contributed by atoms with E-state index in [0.717, 1.165) is 17.1 Å². The van der Waals surface area contributed by atoms with Crippen molar-refractivity contribution < 1.29 is 14.3 Å². The van der Waals surface area contributed by atoms with Crippen LogP contribution in [-0.2, 0) is 0 Å². The number of piperazine rings is 1. The van der Waals surface area contributed by atoms with E-state index in [4.69, 9.17) is 9.47 Å². The maximum Gasteiger partial charge on any atom is 0.321 e. The predicted octanol–water partition coefficient (Wildman–Crippen LogP) is 4.91. The van der Waals surface area contributed by atoms with E-state index in [-0.39, 0.29) is 6.03 Å². The highest BCUT2D eigenvalue weighted by Crippen LogP contribution is 2.31. The van der Waals surface area contributed by atoms with Crippen molar-refractivity contribution in [1.29, 1.82) is 0 Å². The van der Waals surface area contributed by atoms with Gasteiger partial charge in [0.2, 0.25) is 0 Å². The number of anilines is 2. The molecule has 1 aromatic heterocycles. The van der Waals surface area contributed by atoms with E-state index >= 15 is 0 Å². The Morgan fingerprint density at radius 2 is 1.60 bits per heavy atom. The van der Waals surface area contributed by atoms with E-state index in [9.17, 15) is 4.79 Å². The van der Waals surface area contributed by atoms with Crippen LogP contribution in [-0.4, -0.2) is 60.5 Å². The molecule has 35 heavy (non-hydrogen) atoms. The number of hydrogen-bond donors (Lipinski definition) is 1. The average Bonchev–Trinajstić information content (AvgIpc) is 2.88. The third-order valence-corrected chi connectivity index (χ3v) is 6.14. The van der Waals surface area contributed by atoms with Crippen LogP contribution in [0.25, 0.3) is 11.3 Å². The molecule has 8 nitrogen and oxygen atoms in total. The van der Waals surface area contributed by atoms with Crippen molar-refractivity contribution in [3.8, 4) is 22.8 Å². The second kappa shape index (κ2) is 11.1. The minimum absolute atomic E-state index is 0.132. The number of amides is 2. The quantitative estimate of drug-likeness (QED) is 0.523. The normalized spacial score (nSPS) is 13.5. The van der Waals surface area contributed by atoms with Gasteiger partial charge in [-0.1, -0.05) is 12.1 Å². The fourth-order valence-electron chi connectivity index (χ4n) is 4.02. The van der Waals surface area contributed by atoms with Gasteiger partial charge in [-0.05, 0) is 69.2 Å². The molecule has 0 aliphatic carbocycles. The third-order valence-electron chi connectivity index (χ3n) is 6.14. The van der Waals surface area contributed by atoms with Gasteiger partial charge in [0.25, 0.3) is 0 Å². The molecule has 2 heterocycles. The first-order valence-electron chi connectivity index (χ1n) is 12.1. The summed E-state index contributed by atoms with van der Waals surface area (Å²) in [6, 6.07) is 15.6. The van der Waals surface area contributed by atoms with Gasteiger partial charge in [0, 0.05) is 43.5 Å². The monoisotopic (exact) mass is 475 g/mol. The zero-order chi connectivity index (χ0) is 24.8. The van der Waals surface area contributed by atoms with Gasteiger partial charge in [0.1, 0.15) is 0 Å². The summed E-state index contributed by atoms with van der Waals surface area (Å²) in [4.78, 5) is 16.8. The van der Waals surface area contributed by atoms with Crippen molar-refractivity contribution in [3.63, 3.8) is 0 Å². The Bertz CT molecular complexity index is 1160. The minimum Gasteiger partial charge on any atom is -0.490 e. The maximum absolute atomic E-state index is 12.8. The Balaban J connectivity index is 1.34. The lowest BCUT2D eigenvalue weighted by Crippen LogP contribution is -2.50. The van der Waals surface area contributed by atoms with Crippen LogP contribution in [0.4, 0.5) is 16.3 Å². The molecule has 1 fully saturated rings. The fraction of sp³-hybridized carbons (Fsp3) is 0.370. The van der Waals surface area contributed by atoms with E-state index < -0.39 is 0 Å². The van der Waals surface area contributed by atoms with E-state index in [1.165, 1.54) is 11.1 Å². The van der Waals surface area contributed by atoms with Gasteiger partial charge in [0.05, 0.1) is 18.9 Å². The largest absolute Gasteiger partial charge is 0.490 e. The molecule has 8 heteroatoms. The van der Waals surface area contributed by atoms with Gasteiger partial charge in [-0.25, -0.2) is 4.79 Å². The number of carbonyl (C=O) groups is 1. The summed E-state index contributed by atoms with van der Waals surface area (Å²) in [5.41, 5.74) is 5.10. The number of aryl methyl sites for hydroxylation is 2. The van der Waals surface area contributed by atoms with Crippen LogP contribution in [0.5, 0.6) is 11.5 Å². The zero-order valence-corrected chi connectivity index (χ0v) is 20.9. The van der Waals surface area contributed by atoms with Crippen molar-refractivity contribution in [3.05, 3.63) is 59.7 Å². The van der Waals surface area contributed by atoms with Gasteiger partial charge in [-0.2, -0.15) is 0 Å². The summed E-state index contributed by atoms with van der Waals surface area (Å²) in [7, 11) is 0. The molecule has 3 aromatic rings. The number of rotatable bonds is 7. The Kier molecular flexibility index (Phi) is 7.70. The smallest absolute Gasteiger partial charge is 0.321 e. The van der Waals surface area contributed by atoms with Crippen molar-refractivity contribution >= 4 is 17.5 Å². The van der Waals surface area contributed by atoms with Crippen LogP contribution in [0.3, 0.4) is 0 Å². The fourth-order valence-corrected chi connectivity index (χ4v) is 4.02. The highest BCUT2D eigenvalue weighted by atomic mass is 16.5. The van der Waals surface area contributed by atoms with E-state index in [1.807, 2.05) is 43.0 Å². The Labute approximate surface area is 206 Å². The number of aromatic nitrogens is 2. The Morgan fingerprint density at radius 3 is 2.26 bits per heavy atom. The summed E-state index contributed by atoms with van der Waals surface area (Å²) in [5.74, 6) is 2.12. The number of ether oxygens (including phenoxy) is 2. The number of nitrogens with zero attached hydrogens (tertiary/aromatic N) is 4.